The van der Waals surface area contributed by atoms with Gasteiger partial charge in [0.2, 0.25) is 5.91 Å². The van der Waals surface area contributed by atoms with Gasteiger partial charge in [0.05, 0.1) is 11.3 Å². The lowest BCUT2D eigenvalue weighted by Gasteiger charge is -2.34. The summed E-state index contributed by atoms with van der Waals surface area (Å²) in [5.74, 6) is -0.0641. The Bertz CT molecular complexity index is 583. The minimum Gasteiger partial charge on any atom is -0.356 e. The molecule has 0 bridgehead atoms. The predicted octanol–water partition coefficient (Wildman–Crippen LogP) is 4.98. The fourth-order valence-electron chi connectivity index (χ4n) is 4.01. The number of nitrogens with zero attached hydrogens (tertiary/aromatic N) is 3. The number of carbonyl (C=O) groups excluding carboxylic acids is 3. The number of hydrogen-bond donors (Lipinski definition) is 1. The number of nitrogens with one attached hydrogen (secondary N) is 1. The first-order valence-electron chi connectivity index (χ1n) is 12.9. The van der Waals surface area contributed by atoms with Crippen LogP contribution in [0.4, 0.5) is 0 Å². The number of carbonyl (C=O) groups is 3. The lowest BCUT2D eigenvalue weighted by atomic mass is 9.85. The Morgan fingerprint density at radius 3 is 2.15 bits per heavy atom. The van der Waals surface area contributed by atoms with Crippen LogP contribution in [0.3, 0.4) is 0 Å². The summed E-state index contributed by atoms with van der Waals surface area (Å²) < 4.78 is 0. The Labute approximate surface area is 200 Å². The van der Waals surface area contributed by atoms with E-state index in [2.05, 4.69) is 17.5 Å². The highest BCUT2D eigenvalue weighted by Gasteiger charge is 2.31. The Kier molecular flexibility index (Phi) is 17.9. The average Bonchev–Trinajstić information content (AvgIpc) is 3.17. The lowest BCUT2D eigenvalue weighted by Crippen LogP contribution is -2.39. The summed E-state index contributed by atoms with van der Waals surface area (Å²) in [5.41, 5.74) is 0. The Hall–Kier alpha value is -2.25. The standard InChI is InChI=1S/C21H34N4O4.2C2H6/c1-2-3-14-22-19(26)7-5-4-6-15-25(23-29)18-10-8-17(9-11-18)16-24-20(27)12-13-21(24)28;2*1-2/h12-13,17-18H,2-11,14-16H2,1H3,(H,22,26);2*1-2H3. The van der Waals surface area contributed by atoms with Gasteiger partial charge in [-0.2, -0.15) is 0 Å². The van der Waals surface area contributed by atoms with E-state index in [4.69, 9.17) is 0 Å². The van der Waals surface area contributed by atoms with E-state index in [1.807, 2.05) is 27.7 Å². The van der Waals surface area contributed by atoms with Gasteiger partial charge in [-0.05, 0) is 50.9 Å². The number of imide groups is 1. The van der Waals surface area contributed by atoms with Crippen molar-refractivity contribution in [3.63, 3.8) is 0 Å². The first-order chi connectivity index (χ1) is 16.0. The maximum absolute atomic E-state index is 11.7. The van der Waals surface area contributed by atoms with Crippen molar-refractivity contribution < 1.29 is 14.4 Å². The maximum atomic E-state index is 11.7. The molecule has 3 amide bonds. The molecule has 1 N–H and O–H groups in total. The molecule has 8 nitrogen and oxygen atoms in total. The molecule has 190 valence electrons. The first kappa shape index (κ1) is 30.8. The van der Waals surface area contributed by atoms with E-state index in [1.165, 1.54) is 17.1 Å². The van der Waals surface area contributed by atoms with Crippen LogP contribution >= 0.6 is 0 Å². The van der Waals surface area contributed by atoms with Crippen molar-refractivity contribution in [3.05, 3.63) is 17.1 Å². The molecule has 8 heteroatoms. The van der Waals surface area contributed by atoms with Gasteiger partial charge in [0, 0.05) is 38.2 Å². The fraction of sp³-hybridized carbons (Fsp3) is 0.800. The summed E-state index contributed by atoms with van der Waals surface area (Å²) in [6.45, 7) is 11.9. The minimum atomic E-state index is -0.229. The van der Waals surface area contributed by atoms with Crippen molar-refractivity contribution in [1.82, 2.24) is 15.2 Å². The molecule has 0 radical (unpaired) electrons. The zero-order valence-electron chi connectivity index (χ0n) is 21.5. The fourth-order valence-corrected chi connectivity index (χ4v) is 4.01. The zero-order valence-corrected chi connectivity index (χ0v) is 21.5. The van der Waals surface area contributed by atoms with Gasteiger partial charge in [0.25, 0.3) is 11.8 Å². The molecule has 0 aromatic rings. The minimum absolute atomic E-state index is 0.104. The largest absolute Gasteiger partial charge is 0.356 e. The highest BCUT2D eigenvalue weighted by Crippen LogP contribution is 2.29. The second kappa shape index (κ2) is 19.2. The van der Waals surface area contributed by atoms with Crippen LogP contribution in [0.15, 0.2) is 17.4 Å². The number of hydrogen-bond acceptors (Lipinski definition) is 5. The zero-order chi connectivity index (χ0) is 25.1. The van der Waals surface area contributed by atoms with E-state index in [0.717, 1.165) is 64.3 Å². The van der Waals surface area contributed by atoms with E-state index >= 15 is 0 Å². The van der Waals surface area contributed by atoms with Crippen LogP contribution in [0, 0.1) is 10.8 Å². The summed E-state index contributed by atoms with van der Waals surface area (Å²) in [6, 6.07) is 0.129. The van der Waals surface area contributed by atoms with Crippen LogP contribution in [-0.2, 0) is 14.4 Å². The molecule has 2 aliphatic rings. The van der Waals surface area contributed by atoms with Crippen molar-refractivity contribution >= 4 is 17.7 Å². The van der Waals surface area contributed by atoms with E-state index in [1.54, 1.807) is 5.01 Å². The van der Waals surface area contributed by atoms with E-state index < -0.39 is 0 Å². The molecule has 0 aromatic carbocycles. The topological polar surface area (TPSA) is 99.2 Å². The smallest absolute Gasteiger partial charge is 0.253 e. The van der Waals surface area contributed by atoms with Gasteiger partial charge in [-0.1, -0.05) is 47.5 Å². The van der Waals surface area contributed by atoms with Gasteiger partial charge in [0.15, 0.2) is 0 Å². The molecule has 1 saturated carbocycles. The summed E-state index contributed by atoms with van der Waals surface area (Å²) in [6.07, 6.45) is 11.3. The van der Waals surface area contributed by atoms with E-state index in [-0.39, 0.29) is 23.8 Å². The van der Waals surface area contributed by atoms with Gasteiger partial charge in [-0.15, -0.1) is 4.91 Å². The maximum Gasteiger partial charge on any atom is 0.253 e. The third kappa shape index (κ3) is 12.0. The van der Waals surface area contributed by atoms with Crippen LogP contribution < -0.4 is 5.32 Å². The second-order valence-corrected chi connectivity index (χ2v) is 8.05. The molecule has 0 atom stereocenters. The van der Waals surface area contributed by atoms with Crippen LogP contribution in [0.5, 0.6) is 0 Å². The Balaban J connectivity index is 0.00000242. The lowest BCUT2D eigenvalue weighted by molar-refractivity contribution is -0.137. The van der Waals surface area contributed by atoms with Crippen LogP contribution in [0.25, 0.3) is 0 Å². The molecule has 1 aliphatic heterocycles. The number of nitroso groups, excluding NO2 is 1. The number of unbranched alkanes of at least 4 members (excludes halogenated alkanes) is 3. The number of rotatable bonds is 13. The summed E-state index contributed by atoms with van der Waals surface area (Å²) in [4.78, 5) is 47.6. The normalized spacial score (nSPS) is 19.2. The highest BCUT2D eigenvalue weighted by molar-refractivity contribution is 6.12. The van der Waals surface area contributed by atoms with Crippen molar-refractivity contribution in [3.8, 4) is 0 Å². The molecular weight excluding hydrogens is 420 g/mol. The van der Waals surface area contributed by atoms with Crippen LogP contribution in [-0.4, -0.2) is 53.3 Å². The third-order valence-electron chi connectivity index (χ3n) is 5.83. The molecule has 33 heavy (non-hydrogen) atoms. The van der Waals surface area contributed by atoms with Crippen molar-refractivity contribution in [2.24, 2.45) is 11.2 Å². The van der Waals surface area contributed by atoms with Crippen molar-refractivity contribution in [1.29, 1.82) is 0 Å². The van der Waals surface area contributed by atoms with Gasteiger partial charge in [-0.3, -0.25) is 24.3 Å². The summed E-state index contributed by atoms with van der Waals surface area (Å²) in [5, 5.41) is 7.78. The van der Waals surface area contributed by atoms with Gasteiger partial charge in [0.1, 0.15) is 0 Å². The summed E-state index contributed by atoms with van der Waals surface area (Å²) in [7, 11) is 0. The molecular formula is C25H46N4O4. The molecule has 0 aromatic heterocycles. The van der Waals surface area contributed by atoms with Crippen LogP contribution in [0.1, 0.15) is 98.8 Å². The van der Waals surface area contributed by atoms with Crippen molar-refractivity contribution in [2.75, 3.05) is 19.6 Å². The molecule has 1 aliphatic carbocycles. The second-order valence-electron chi connectivity index (χ2n) is 8.05. The highest BCUT2D eigenvalue weighted by atomic mass is 16.3. The Morgan fingerprint density at radius 1 is 1.00 bits per heavy atom. The molecule has 0 unspecified atom stereocenters. The predicted molar refractivity (Wildman–Crippen MR) is 133 cm³/mol. The third-order valence-corrected chi connectivity index (χ3v) is 5.83. The molecule has 2 rings (SSSR count). The van der Waals surface area contributed by atoms with E-state index in [0.29, 0.717) is 25.4 Å². The van der Waals surface area contributed by atoms with Crippen molar-refractivity contribution in [2.45, 2.75) is 105 Å². The van der Waals surface area contributed by atoms with Gasteiger partial charge >= 0.3 is 0 Å². The quantitative estimate of drug-likeness (QED) is 0.179. The summed E-state index contributed by atoms with van der Waals surface area (Å²) >= 11 is 0. The van der Waals surface area contributed by atoms with E-state index in [9.17, 15) is 19.3 Å². The molecule has 0 spiro atoms. The van der Waals surface area contributed by atoms with Gasteiger partial charge < -0.3 is 5.32 Å². The molecule has 1 fully saturated rings. The Morgan fingerprint density at radius 2 is 1.61 bits per heavy atom. The first-order valence-corrected chi connectivity index (χ1v) is 12.9. The van der Waals surface area contributed by atoms with Gasteiger partial charge in [-0.25, -0.2) is 0 Å². The number of amides is 3. The monoisotopic (exact) mass is 466 g/mol. The molecule has 1 heterocycles. The van der Waals surface area contributed by atoms with Crippen LogP contribution in [0.2, 0.25) is 0 Å². The average molecular weight is 467 g/mol. The SMILES string of the molecule is CC.CC.CCCCNC(=O)CCCCCN(N=O)C1CCC(CN2C(=O)C=CC2=O)CC1. The molecule has 0 saturated heterocycles.